The van der Waals surface area contributed by atoms with Crippen LogP contribution in [0.15, 0.2) is 48.5 Å². The summed E-state index contributed by atoms with van der Waals surface area (Å²) in [5.41, 5.74) is 1.94. The van der Waals surface area contributed by atoms with Crippen molar-refractivity contribution >= 4 is 17.3 Å². The second-order valence-electron chi connectivity index (χ2n) is 5.61. The molecule has 0 bridgehead atoms. The molecule has 0 saturated heterocycles. The Hall–Kier alpha value is -2.69. The summed E-state index contributed by atoms with van der Waals surface area (Å²) >= 11 is 0. The largest absolute Gasteiger partial charge is 0.489 e. The smallest absolute Gasteiger partial charge is 0.265 e. The Morgan fingerprint density at radius 1 is 1.04 bits per heavy atom. The van der Waals surface area contributed by atoms with Gasteiger partial charge in [-0.05, 0) is 24.3 Å². The van der Waals surface area contributed by atoms with Gasteiger partial charge in [0.15, 0.2) is 6.61 Å². The van der Waals surface area contributed by atoms with Crippen molar-refractivity contribution < 1.29 is 14.3 Å². The lowest BCUT2D eigenvalue weighted by atomic mass is 10.1. The number of amides is 1. The van der Waals surface area contributed by atoms with Gasteiger partial charge in [-0.3, -0.25) is 4.79 Å². The lowest BCUT2D eigenvalue weighted by Crippen LogP contribution is -2.48. The van der Waals surface area contributed by atoms with Crippen molar-refractivity contribution in [1.82, 2.24) is 0 Å². The van der Waals surface area contributed by atoms with Crippen molar-refractivity contribution in [2.24, 2.45) is 0 Å². The Morgan fingerprint density at radius 2 is 1.91 bits per heavy atom. The van der Waals surface area contributed by atoms with Crippen molar-refractivity contribution in [2.45, 2.75) is 0 Å². The molecule has 0 saturated carbocycles. The first kappa shape index (κ1) is 13.9. The predicted octanol–water partition coefficient (Wildman–Crippen LogP) is 2.31. The SMILES string of the molecule is O=C(COc1ccccc1)N1CCN2CCOc3cccc1c32. The van der Waals surface area contributed by atoms with E-state index in [2.05, 4.69) is 4.90 Å². The normalized spacial score (nSPS) is 15.7. The van der Waals surface area contributed by atoms with Gasteiger partial charge in [0.1, 0.15) is 23.8 Å². The summed E-state index contributed by atoms with van der Waals surface area (Å²) in [6.07, 6.45) is 0. The average Bonchev–Trinajstić information content (AvgIpc) is 2.61. The van der Waals surface area contributed by atoms with E-state index in [-0.39, 0.29) is 12.5 Å². The molecule has 23 heavy (non-hydrogen) atoms. The quantitative estimate of drug-likeness (QED) is 0.872. The topological polar surface area (TPSA) is 42.0 Å². The summed E-state index contributed by atoms with van der Waals surface area (Å²) in [5.74, 6) is 1.53. The van der Waals surface area contributed by atoms with Gasteiger partial charge in [-0.1, -0.05) is 24.3 Å². The second-order valence-corrected chi connectivity index (χ2v) is 5.61. The molecule has 5 heteroatoms. The van der Waals surface area contributed by atoms with Crippen molar-refractivity contribution in [2.75, 3.05) is 42.6 Å². The first-order valence-corrected chi connectivity index (χ1v) is 7.82. The summed E-state index contributed by atoms with van der Waals surface area (Å²) < 4.78 is 11.3. The van der Waals surface area contributed by atoms with E-state index < -0.39 is 0 Å². The molecule has 2 heterocycles. The maximum Gasteiger partial charge on any atom is 0.265 e. The van der Waals surface area contributed by atoms with Gasteiger partial charge in [-0.25, -0.2) is 0 Å². The standard InChI is InChI=1S/C18H18N2O3/c21-17(13-23-14-5-2-1-3-6-14)20-10-9-19-11-12-22-16-8-4-7-15(20)18(16)19/h1-8H,9-13H2. The molecule has 2 aliphatic heterocycles. The third-order valence-corrected chi connectivity index (χ3v) is 4.20. The highest BCUT2D eigenvalue weighted by molar-refractivity contribution is 6.00. The number of carbonyl (C=O) groups is 1. The summed E-state index contributed by atoms with van der Waals surface area (Å²) in [6, 6.07) is 15.3. The molecule has 2 aliphatic rings. The maximum absolute atomic E-state index is 12.6. The lowest BCUT2D eigenvalue weighted by Gasteiger charge is -2.40. The zero-order chi connectivity index (χ0) is 15.6. The predicted molar refractivity (Wildman–Crippen MR) is 88.4 cm³/mol. The Balaban J connectivity index is 1.54. The van der Waals surface area contributed by atoms with Crippen molar-refractivity contribution in [3.05, 3.63) is 48.5 Å². The molecule has 2 aromatic rings. The number of carbonyl (C=O) groups excluding carboxylic acids is 1. The van der Waals surface area contributed by atoms with Crippen molar-refractivity contribution in [3.8, 4) is 11.5 Å². The molecule has 0 fully saturated rings. The van der Waals surface area contributed by atoms with Crippen LogP contribution < -0.4 is 19.3 Å². The van der Waals surface area contributed by atoms with Gasteiger partial charge >= 0.3 is 0 Å². The third-order valence-electron chi connectivity index (χ3n) is 4.20. The second kappa shape index (κ2) is 5.83. The minimum Gasteiger partial charge on any atom is -0.489 e. The highest BCUT2D eigenvalue weighted by Crippen LogP contribution is 2.42. The number of para-hydroxylation sites is 2. The Labute approximate surface area is 135 Å². The van der Waals surface area contributed by atoms with Gasteiger partial charge in [0, 0.05) is 13.1 Å². The van der Waals surface area contributed by atoms with E-state index in [0.717, 1.165) is 30.2 Å². The summed E-state index contributed by atoms with van der Waals surface area (Å²) in [4.78, 5) is 16.7. The molecule has 1 amide bonds. The van der Waals surface area contributed by atoms with Crippen LogP contribution in [0.4, 0.5) is 11.4 Å². The molecular formula is C18H18N2O3. The maximum atomic E-state index is 12.6. The van der Waals surface area contributed by atoms with Crippen molar-refractivity contribution in [3.63, 3.8) is 0 Å². The average molecular weight is 310 g/mol. The molecule has 0 radical (unpaired) electrons. The van der Waals surface area contributed by atoms with Crippen LogP contribution in [0.1, 0.15) is 0 Å². The van der Waals surface area contributed by atoms with Crippen LogP contribution in [0, 0.1) is 0 Å². The first-order chi connectivity index (χ1) is 11.3. The molecule has 0 unspecified atom stereocenters. The Bertz CT molecular complexity index is 717. The van der Waals surface area contributed by atoms with Gasteiger partial charge in [0.05, 0.1) is 12.2 Å². The minimum absolute atomic E-state index is 0.0347. The fraction of sp³-hybridized carbons (Fsp3) is 0.278. The number of rotatable bonds is 3. The molecule has 0 N–H and O–H groups in total. The van der Waals surface area contributed by atoms with Gasteiger partial charge in [0.25, 0.3) is 5.91 Å². The molecular weight excluding hydrogens is 292 g/mol. The van der Waals surface area contributed by atoms with E-state index in [9.17, 15) is 4.79 Å². The van der Waals surface area contributed by atoms with Crippen LogP contribution in [0.2, 0.25) is 0 Å². The van der Waals surface area contributed by atoms with Gasteiger partial charge < -0.3 is 19.3 Å². The number of nitrogens with zero attached hydrogens (tertiary/aromatic N) is 2. The molecule has 0 spiro atoms. The molecule has 5 nitrogen and oxygen atoms in total. The first-order valence-electron chi connectivity index (χ1n) is 7.82. The zero-order valence-corrected chi connectivity index (χ0v) is 12.8. The minimum atomic E-state index is -0.0347. The van der Waals surface area contributed by atoms with E-state index in [1.165, 1.54) is 0 Å². The summed E-state index contributed by atoms with van der Waals surface area (Å²) in [7, 11) is 0. The van der Waals surface area contributed by atoms with Crippen LogP contribution in [0.3, 0.4) is 0 Å². The van der Waals surface area contributed by atoms with Crippen LogP contribution >= 0.6 is 0 Å². The molecule has 0 aromatic heterocycles. The highest BCUT2D eigenvalue weighted by atomic mass is 16.5. The molecule has 4 rings (SSSR count). The molecule has 118 valence electrons. The van der Waals surface area contributed by atoms with E-state index in [4.69, 9.17) is 9.47 Å². The van der Waals surface area contributed by atoms with Crippen LogP contribution in [0.5, 0.6) is 11.5 Å². The zero-order valence-electron chi connectivity index (χ0n) is 12.8. The van der Waals surface area contributed by atoms with E-state index in [1.807, 2.05) is 48.5 Å². The highest BCUT2D eigenvalue weighted by Gasteiger charge is 2.31. The van der Waals surface area contributed by atoms with Crippen molar-refractivity contribution in [1.29, 1.82) is 0 Å². The summed E-state index contributed by atoms with van der Waals surface area (Å²) in [6.45, 7) is 3.10. The Kier molecular flexibility index (Phi) is 3.54. The monoisotopic (exact) mass is 310 g/mol. The van der Waals surface area contributed by atoms with E-state index in [1.54, 1.807) is 4.90 Å². The number of ether oxygens (including phenoxy) is 2. The fourth-order valence-corrected chi connectivity index (χ4v) is 3.10. The van der Waals surface area contributed by atoms with Crippen LogP contribution in [0.25, 0.3) is 0 Å². The third kappa shape index (κ3) is 2.59. The number of benzene rings is 2. The molecule has 0 atom stereocenters. The van der Waals surface area contributed by atoms with Gasteiger partial charge in [0.2, 0.25) is 0 Å². The fourth-order valence-electron chi connectivity index (χ4n) is 3.10. The molecule has 0 aliphatic carbocycles. The van der Waals surface area contributed by atoms with E-state index >= 15 is 0 Å². The van der Waals surface area contributed by atoms with E-state index in [0.29, 0.717) is 18.9 Å². The number of hydrogen-bond acceptors (Lipinski definition) is 4. The number of anilines is 2. The van der Waals surface area contributed by atoms with Gasteiger partial charge in [-0.2, -0.15) is 0 Å². The van der Waals surface area contributed by atoms with Crippen LogP contribution in [-0.2, 0) is 4.79 Å². The number of hydrogen-bond donors (Lipinski definition) is 0. The van der Waals surface area contributed by atoms with Gasteiger partial charge in [-0.15, -0.1) is 0 Å². The lowest BCUT2D eigenvalue weighted by molar-refractivity contribution is -0.120. The molecule has 2 aromatic carbocycles. The summed E-state index contributed by atoms with van der Waals surface area (Å²) in [5, 5.41) is 0. The Morgan fingerprint density at radius 3 is 2.78 bits per heavy atom. The van der Waals surface area contributed by atoms with Crippen LogP contribution in [-0.4, -0.2) is 38.8 Å².